The van der Waals surface area contributed by atoms with E-state index >= 15 is 0 Å². The molecule has 0 saturated heterocycles. The Hall–Kier alpha value is -3.47. The van der Waals surface area contributed by atoms with Gasteiger partial charge in [-0.25, -0.2) is 13.8 Å². The lowest BCUT2D eigenvalue weighted by molar-refractivity contribution is 0.471. The molecule has 4 aromatic rings. The number of aryl methyl sites for hydroxylation is 1. The third kappa shape index (κ3) is 3.39. The summed E-state index contributed by atoms with van der Waals surface area (Å²) in [6.07, 6.45) is 0. The van der Waals surface area contributed by atoms with Gasteiger partial charge in [-0.3, -0.25) is 0 Å². The van der Waals surface area contributed by atoms with E-state index in [1.807, 2.05) is 25.1 Å². The van der Waals surface area contributed by atoms with Gasteiger partial charge in [0.25, 0.3) is 0 Å². The van der Waals surface area contributed by atoms with Crippen LogP contribution in [-0.2, 0) is 0 Å². The molecule has 0 aliphatic rings. The van der Waals surface area contributed by atoms with Gasteiger partial charge in [-0.05, 0) is 42.8 Å². The summed E-state index contributed by atoms with van der Waals surface area (Å²) in [7, 11) is 0. The summed E-state index contributed by atoms with van der Waals surface area (Å²) in [5, 5.41) is 14.8. The van der Waals surface area contributed by atoms with Gasteiger partial charge in [-0.15, -0.1) is 0 Å². The SMILES string of the molecule is Cc1ccc2ccc([C@@H](Nc3ccccc3F)c3cccc(F)c3)c(O)c2n1. The van der Waals surface area contributed by atoms with Crippen molar-refractivity contribution in [1.29, 1.82) is 0 Å². The van der Waals surface area contributed by atoms with Crippen LogP contribution >= 0.6 is 0 Å². The predicted molar refractivity (Wildman–Crippen MR) is 106 cm³/mol. The number of phenolic OH excluding ortho intramolecular Hbond substituents is 1. The maximum absolute atomic E-state index is 14.3. The number of nitrogens with zero attached hydrogens (tertiary/aromatic N) is 1. The molecule has 0 amide bonds. The monoisotopic (exact) mass is 376 g/mol. The minimum atomic E-state index is -0.667. The van der Waals surface area contributed by atoms with Gasteiger partial charge in [0, 0.05) is 16.6 Å². The molecule has 4 rings (SSSR count). The van der Waals surface area contributed by atoms with Crippen LogP contribution in [0, 0.1) is 18.6 Å². The molecular formula is C23H18F2N2O. The number of aromatic hydroxyl groups is 1. The summed E-state index contributed by atoms with van der Waals surface area (Å²) < 4.78 is 28.1. The second kappa shape index (κ2) is 7.27. The highest BCUT2D eigenvalue weighted by atomic mass is 19.1. The topological polar surface area (TPSA) is 45.1 Å². The summed E-state index contributed by atoms with van der Waals surface area (Å²) in [5.41, 5.74) is 2.53. The van der Waals surface area contributed by atoms with Gasteiger partial charge in [-0.1, -0.05) is 42.5 Å². The van der Waals surface area contributed by atoms with E-state index in [-0.39, 0.29) is 11.4 Å². The largest absolute Gasteiger partial charge is 0.505 e. The number of phenols is 1. The highest BCUT2D eigenvalue weighted by Gasteiger charge is 2.21. The highest BCUT2D eigenvalue weighted by Crippen LogP contribution is 2.37. The Bertz CT molecular complexity index is 1160. The van der Waals surface area contributed by atoms with E-state index in [4.69, 9.17) is 0 Å². The molecule has 140 valence electrons. The summed E-state index contributed by atoms with van der Waals surface area (Å²) in [4.78, 5) is 4.43. The molecule has 28 heavy (non-hydrogen) atoms. The number of hydrogen-bond donors (Lipinski definition) is 2. The molecule has 3 nitrogen and oxygen atoms in total. The highest BCUT2D eigenvalue weighted by molar-refractivity contribution is 5.86. The van der Waals surface area contributed by atoms with E-state index in [1.165, 1.54) is 18.2 Å². The van der Waals surface area contributed by atoms with Crippen LogP contribution < -0.4 is 5.32 Å². The van der Waals surface area contributed by atoms with E-state index in [9.17, 15) is 13.9 Å². The van der Waals surface area contributed by atoms with Crippen LogP contribution in [0.5, 0.6) is 5.75 Å². The normalized spacial score (nSPS) is 12.1. The molecule has 0 bridgehead atoms. The Kier molecular flexibility index (Phi) is 4.65. The molecule has 1 heterocycles. The van der Waals surface area contributed by atoms with Gasteiger partial charge >= 0.3 is 0 Å². The van der Waals surface area contributed by atoms with E-state index in [1.54, 1.807) is 36.4 Å². The Balaban J connectivity index is 1.89. The fourth-order valence-corrected chi connectivity index (χ4v) is 3.28. The molecule has 3 aromatic carbocycles. The van der Waals surface area contributed by atoms with Crippen molar-refractivity contribution in [3.63, 3.8) is 0 Å². The number of rotatable bonds is 4. The molecule has 1 atom stereocenters. The number of aromatic nitrogens is 1. The van der Waals surface area contributed by atoms with Gasteiger partial charge < -0.3 is 10.4 Å². The third-order valence-corrected chi connectivity index (χ3v) is 4.67. The molecule has 0 saturated carbocycles. The zero-order valence-electron chi connectivity index (χ0n) is 15.2. The predicted octanol–water partition coefficient (Wildman–Crippen LogP) is 5.73. The minimum Gasteiger partial charge on any atom is -0.505 e. The van der Waals surface area contributed by atoms with Crippen LogP contribution in [-0.4, -0.2) is 10.1 Å². The van der Waals surface area contributed by atoms with E-state index < -0.39 is 17.7 Å². The first-order valence-electron chi connectivity index (χ1n) is 8.88. The maximum Gasteiger partial charge on any atom is 0.147 e. The second-order valence-corrected chi connectivity index (χ2v) is 6.64. The molecule has 0 aliphatic heterocycles. The van der Waals surface area contributed by atoms with Crippen molar-refractivity contribution in [3.05, 3.63) is 101 Å². The smallest absolute Gasteiger partial charge is 0.147 e. The number of pyridine rings is 1. The zero-order valence-corrected chi connectivity index (χ0v) is 15.2. The van der Waals surface area contributed by atoms with Crippen LogP contribution in [0.3, 0.4) is 0 Å². The third-order valence-electron chi connectivity index (χ3n) is 4.67. The summed E-state index contributed by atoms with van der Waals surface area (Å²) in [6.45, 7) is 1.84. The van der Waals surface area contributed by atoms with Crippen molar-refractivity contribution in [2.24, 2.45) is 0 Å². The minimum absolute atomic E-state index is 0.0145. The van der Waals surface area contributed by atoms with E-state index in [0.29, 0.717) is 16.6 Å². The summed E-state index contributed by atoms with van der Waals surface area (Å²) >= 11 is 0. The summed E-state index contributed by atoms with van der Waals surface area (Å²) in [6, 6.07) is 18.9. The number of nitrogens with one attached hydrogen (secondary N) is 1. The number of benzene rings is 3. The van der Waals surface area contributed by atoms with Crippen molar-refractivity contribution < 1.29 is 13.9 Å². The first kappa shape index (κ1) is 17.9. The van der Waals surface area contributed by atoms with Crippen LogP contribution in [0.2, 0.25) is 0 Å². The molecule has 0 aliphatic carbocycles. The number of hydrogen-bond acceptors (Lipinski definition) is 3. The molecule has 1 aromatic heterocycles. The number of halogens is 2. The average molecular weight is 376 g/mol. The van der Waals surface area contributed by atoms with Gasteiger partial charge in [0.1, 0.15) is 22.9 Å². The first-order chi connectivity index (χ1) is 13.5. The van der Waals surface area contributed by atoms with Crippen LogP contribution in [0.15, 0.2) is 72.8 Å². The molecular weight excluding hydrogens is 358 g/mol. The molecule has 0 unspecified atom stereocenters. The Morgan fingerprint density at radius 2 is 1.71 bits per heavy atom. The molecule has 0 spiro atoms. The quantitative estimate of drug-likeness (QED) is 0.478. The maximum atomic E-state index is 14.3. The van der Waals surface area contributed by atoms with Crippen molar-refractivity contribution in [1.82, 2.24) is 4.98 Å². The summed E-state index contributed by atoms with van der Waals surface area (Å²) in [5.74, 6) is -0.857. The molecule has 0 radical (unpaired) electrons. The van der Waals surface area contributed by atoms with Crippen LogP contribution in [0.4, 0.5) is 14.5 Å². The Morgan fingerprint density at radius 1 is 0.929 bits per heavy atom. The Labute approximate surface area is 161 Å². The van der Waals surface area contributed by atoms with Crippen LogP contribution in [0.1, 0.15) is 22.9 Å². The molecule has 2 N–H and O–H groups in total. The van der Waals surface area contributed by atoms with Crippen LogP contribution in [0.25, 0.3) is 10.9 Å². The molecule has 5 heteroatoms. The lowest BCUT2D eigenvalue weighted by Gasteiger charge is -2.23. The lowest BCUT2D eigenvalue weighted by atomic mass is 9.95. The number of fused-ring (bicyclic) bond motifs is 1. The van der Waals surface area contributed by atoms with Gasteiger partial charge in [0.2, 0.25) is 0 Å². The fourth-order valence-electron chi connectivity index (χ4n) is 3.28. The average Bonchev–Trinajstić information content (AvgIpc) is 2.69. The first-order valence-corrected chi connectivity index (χ1v) is 8.88. The van der Waals surface area contributed by atoms with Gasteiger partial charge in [0.15, 0.2) is 0 Å². The number of para-hydroxylation sites is 1. The van der Waals surface area contributed by atoms with Crippen molar-refractivity contribution in [2.45, 2.75) is 13.0 Å². The lowest BCUT2D eigenvalue weighted by Crippen LogP contribution is -2.14. The van der Waals surface area contributed by atoms with Crippen molar-refractivity contribution in [3.8, 4) is 5.75 Å². The standard InChI is InChI=1S/C23H18F2N2O/c1-14-9-10-15-11-12-18(23(28)22(15)26-14)21(16-5-4-6-17(24)13-16)27-20-8-3-2-7-19(20)25/h2-13,21,27-28H,1H3/t21-/m0/s1. The van der Waals surface area contributed by atoms with E-state index in [2.05, 4.69) is 10.3 Å². The fraction of sp³-hybridized carbons (Fsp3) is 0.0870. The number of anilines is 1. The van der Waals surface area contributed by atoms with Crippen molar-refractivity contribution in [2.75, 3.05) is 5.32 Å². The van der Waals surface area contributed by atoms with Gasteiger partial charge in [-0.2, -0.15) is 0 Å². The van der Waals surface area contributed by atoms with Crippen molar-refractivity contribution >= 4 is 16.6 Å². The Morgan fingerprint density at radius 3 is 2.50 bits per heavy atom. The second-order valence-electron chi connectivity index (χ2n) is 6.64. The molecule has 0 fully saturated rings. The zero-order chi connectivity index (χ0) is 19.7. The van der Waals surface area contributed by atoms with Gasteiger partial charge in [0.05, 0.1) is 11.7 Å². The van der Waals surface area contributed by atoms with E-state index in [0.717, 1.165) is 11.1 Å².